The number of amides is 2. The summed E-state index contributed by atoms with van der Waals surface area (Å²) in [5.74, 6) is 0. The second kappa shape index (κ2) is 7.80. The molecule has 1 aliphatic carbocycles. The van der Waals surface area contributed by atoms with Crippen LogP contribution in [0.25, 0.3) is 0 Å². The highest BCUT2D eigenvalue weighted by Gasteiger charge is 2.30. The third kappa shape index (κ3) is 4.63. The molecule has 6 nitrogen and oxygen atoms in total. The Bertz CT molecular complexity index is 799. The van der Waals surface area contributed by atoms with Crippen molar-refractivity contribution in [2.45, 2.75) is 82.2 Å². The zero-order valence-corrected chi connectivity index (χ0v) is 17.4. The van der Waals surface area contributed by atoms with Crippen LogP contribution < -0.4 is 14.9 Å². The number of urea groups is 1. The molecule has 1 aromatic rings. The maximum absolute atomic E-state index is 12.7. The van der Waals surface area contributed by atoms with Crippen LogP contribution in [0.1, 0.15) is 64.9 Å². The summed E-state index contributed by atoms with van der Waals surface area (Å²) < 4.78 is 28.1. The molecule has 3 rings (SSSR count). The molecule has 1 aliphatic heterocycles. The first-order valence-electron chi connectivity index (χ1n) is 9.97. The van der Waals surface area contributed by atoms with Gasteiger partial charge in [0.25, 0.3) is 0 Å². The largest absolute Gasteiger partial charge is 0.335 e. The van der Waals surface area contributed by atoms with Gasteiger partial charge in [-0.3, -0.25) is 4.90 Å². The molecule has 0 aromatic heterocycles. The third-order valence-corrected chi connectivity index (χ3v) is 7.43. The zero-order valence-electron chi connectivity index (χ0n) is 16.5. The third-order valence-electron chi connectivity index (χ3n) is 5.73. The monoisotopic (exact) mass is 393 g/mol. The lowest BCUT2D eigenvalue weighted by molar-refractivity contribution is 0.238. The fourth-order valence-electron chi connectivity index (χ4n) is 3.75. The molecule has 0 spiro atoms. The van der Waals surface area contributed by atoms with Gasteiger partial charge in [0, 0.05) is 23.8 Å². The smallest absolute Gasteiger partial charge is 0.322 e. The van der Waals surface area contributed by atoms with Crippen LogP contribution in [0.3, 0.4) is 0 Å². The van der Waals surface area contributed by atoms with Crippen molar-refractivity contribution in [1.29, 1.82) is 0 Å². The minimum Gasteiger partial charge on any atom is -0.335 e. The van der Waals surface area contributed by atoms with Gasteiger partial charge in [-0.25, -0.2) is 17.9 Å². The van der Waals surface area contributed by atoms with Crippen LogP contribution >= 0.6 is 0 Å². The summed E-state index contributed by atoms with van der Waals surface area (Å²) in [6.07, 6.45) is 7.05. The Labute approximate surface area is 162 Å². The number of nitrogens with one attached hydrogen (secondary N) is 2. The Hall–Kier alpha value is -1.60. The summed E-state index contributed by atoms with van der Waals surface area (Å²) in [7, 11) is -3.58. The van der Waals surface area contributed by atoms with Crippen molar-refractivity contribution in [3.8, 4) is 0 Å². The highest BCUT2D eigenvalue weighted by atomic mass is 32.2. The van der Waals surface area contributed by atoms with E-state index in [-0.39, 0.29) is 17.0 Å². The Morgan fingerprint density at radius 1 is 1.22 bits per heavy atom. The lowest BCUT2D eigenvalue weighted by Crippen LogP contribution is -2.45. The molecule has 7 heteroatoms. The molecule has 2 N–H and O–H groups in total. The van der Waals surface area contributed by atoms with Gasteiger partial charge in [0.2, 0.25) is 10.0 Å². The molecule has 1 fully saturated rings. The molecule has 1 aromatic carbocycles. The predicted octanol–water partition coefficient (Wildman–Crippen LogP) is 3.56. The zero-order chi connectivity index (χ0) is 19.7. The number of carbonyl (C=O) groups excluding carboxylic acids is 1. The van der Waals surface area contributed by atoms with Crippen molar-refractivity contribution in [3.05, 3.63) is 23.8 Å². The number of carbonyl (C=O) groups is 1. The summed E-state index contributed by atoms with van der Waals surface area (Å²) in [6, 6.07) is 5.25. The first kappa shape index (κ1) is 20.1. The van der Waals surface area contributed by atoms with Gasteiger partial charge in [-0.15, -0.1) is 0 Å². The number of fused-ring (bicyclic) bond motifs is 1. The van der Waals surface area contributed by atoms with Gasteiger partial charge < -0.3 is 5.32 Å². The van der Waals surface area contributed by atoms with Gasteiger partial charge in [0.05, 0.1) is 4.90 Å². The molecular weight excluding hydrogens is 362 g/mol. The molecule has 0 saturated heterocycles. The van der Waals surface area contributed by atoms with Crippen LogP contribution in [-0.2, 0) is 16.4 Å². The fourth-order valence-corrected chi connectivity index (χ4v) is 5.28. The van der Waals surface area contributed by atoms with E-state index in [0.717, 1.165) is 24.1 Å². The van der Waals surface area contributed by atoms with E-state index in [4.69, 9.17) is 0 Å². The number of rotatable bonds is 5. The molecule has 27 heavy (non-hydrogen) atoms. The molecule has 0 radical (unpaired) electrons. The quantitative estimate of drug-likeness (QED) is 0.803. The van der Waals surface area contributed by atoms with Gasteiger partial charge in [-0.1, -0.05) is 26.2 Å². The summed E-state index contributed by atoms with van der Waals surface area (Å²) in [5.41, 5.74) is 1.23. The fraction of sp³-hybridized carbons (Fsp3) is 0.650. The summed E-state index contributed by atoms with van der Waals surface area (Å²) in [6.45, 7) is 6.28. The van der Waals surface area contributed by atoms with E-state index in [9.17, 15) is 13.2 Å². The molecule has 0 bridgehead atoms. The maximum Gasteiger partial charge on any atom is 0.322 e. The van der Waals surface area contributed by atoms with Crippen molar-refractivity contribution in [2.24, 2.45) is 0 Å². The van der Waals surface area contributed by atoms with E-state index in [2.05, 4.69) is 10.0 Å². The van der Waals surface area contributed by atoms with Crippen molar-refractivity contribution in [2.75, 3.05) is 11.4 Å². The average molecular weight is 394 g/mol. The van der Waals surface area contributed by atoms with Crippen LogP contribution in [-0.4, -0.2) is 32.6 Å². The molecule has 0 unspecified atom stereocenters. The van der Waals surface area contributed by atoms with Crippen LogP contribution in [0.15, 0.2) is 23.1 Å². The first-order valence-corrected chi connectivity index (χ1v) is 11.4. The van der Waals surface area contributed by atoms with E-state index >= 15 is 0 Å². The Balaban J connectivity index is 1.74. The van der Waals surface area contributed by atoms with Crippen molar-refractivity contribution < 1.29 is 13.2 Å². The second-order valence-corrected chi connectivity index (χ2v) is 10.0. The number of nitrogens with zero attached hydrogens (tertiary/aromatic N) is 1. The Morgan fingerprint density at radius 3 is 2.59 bits per heavy atom. The average Bonchev–Trinajstić information content (AvgIpc) is 3.05. The number of sulfonamides is 1. The van der Waals surface area contributed by atoms with E-state index in [1.165, 1.54) is 19.3 Å². The summed E-state index contributed by atoms with van der Waals surface area (Å²) in [4.78, 5) is 14.7. The van der Waals surface area contributed by atoms with Crippen molar-refractivity contribution in [1.82, 2.24) is 10.0 Å². The van der Waals surface area contributed by atoms with E-state index in [1.54, 1.807) is 23.1 Å². The van der Waals surface area contributed by atoms with Gasteiger partial charge in [-0.2, -0.15) is 0 Å². The predicted molar refractivity (Wildman–Crippen MR) is 108 cm³/mol. The number of anilines is 1. The lowest BCUT2D eigenvalue weighted by atomic mass is 9.96. The van der Waals surface area contributed by atoms with Crippen LogP contribution in [0.2, 0.25) is 0 Å². The second-order valence-electron chi connectivity index (χ2n) is 8.32. The van der Waals surface area contributed by atoms with Gasteiger partial charge in [0.1, 0.15) is 0 Å². The van der Waals surface area contributed by atoms with E-state index in [0.29, 0.717) is 19.4 Å². The SMILES string of the molecule is CCC(C)(C)NS(=O)(=O)c1ccc2c(c1)CCN2C(=O)NC1CCCCC1. The minimum atomic E-state index is -3.58. The summed E-state index contributed by atoms with van der Waals surface area (Å²) in [5, 5.41) is 3.14. The highest BCUT2D eigenvalue weighted by Crippen LogP contribution is 2.31. The van der Waals surface area contributed by atoms with Crippen LogP contribution in [0.5, 0.6) is 0 Å². The molecule has 2 amide bonds. The molecule has 150 valence electrons. The first-order chi connectivity index (χ1) is 12.7. The topological polar surface area (TPSA) is 78.5 Å². The number of benzene rings is 1. The number of hydrogen-bond donors (Lipinski definition) is 2. The van der Waals surface area contributed by atoms with Gasteiger partial charge in [0.15, 0.2) is 0 Å². The van der Waals surface area contributed by atoms with Gasteiger partial charge in [-0.05, 0) is 63.3 Å². The normalized spacial score (nSPS) is 18.4. The van der Waals surface area contributed by atoms with Crippen molar-refractivity contribution in [3.63, 3.8) is 0 Å². The Kier molecular flexibility index (Phi) is 5.82. The Morgan fingerprint density at radius 2 is 1.93 bits per heavy atom. The summed E-state index contributed by atoms with van der Waals surface area (Å²) >= 11 is 0. The standard InChI is InChI=1S/C20H31N3O3S/c1-4-20(2,3)22-27(25,26)17-10-11-18-15(14-17)12-13-23(18)19(24)21-16-8-6-5-7-9-16/h10-11,14,16,22H,4-9,12-13H2,1-3H3,(H,21,24). The molecule has 2 aliphatic rings. The molecule has 1 saturated carbocycles. The molecule has 1 heterocycles. The maximum atomic E-state index is 12.7. The van der Waals surface area contributed by atoms with E-state index < -0.39 is 15.6 Å². The van der Waals surface area contributed by atoms with Crippen molar-refractivity contribution >= 4 is 21.7 Å². The lowest BCUT2D eigenvalue weighted by Gasteiger charge is -2.26. The van der Waals surface area contributed by atoms with E-state index in [1.807, 2.05) is 20.8 Å². The highest BCUT2D eigenvalue weighted by molar-refractivity contribution is 7.89. The van der Waals surface area contributed by atoms with Crippen LogP contribution in [0.4, 0.5) is 10.5 Å². The molecular formula is C20H31N3O3S. The van der Waals surface area contributed by atoms with Crippen LogP contribution in [0, 0.1) is 0 Å². The molecule has 0 atom stereocenters. The number of hydrogen-bond acceptors (Lipinski definition) is 3. The minimum absolute atomic E-state index is 0.0681. The van der Waals surface area contributed by atoms with Gasteiger partial charge >= 0.3 is 6.03 Å².